The lowest BCUT2D eigenvalue weighted by Gasteiger charge is -2.09. The molecule has 0 saturated heterocycles. The Hall–Kier alpha value is -1.13. The van der Waals surface area contributed by atoms with Crippen LogP contribution in [0.1, 0.15) is 5.56 Å². The van der Waals surface area contributed by atoms with Crippen LogP contribution in [0.5, 0.6) is 5.75 Å². The van der Waals surface area contributed by atoms with E-state index < -0.39 is 11.6 Å². The van der Waals surface area contributed by atoms with E-state index in [9.17, 15) is 8.78 Å². The summed E-state index contributed by atoms with van der Waals surface area (Å²) in [6.07, 6.45) is 0. The van der Waals surface area contributed by atoms with E-state index in [0.717, 1.165) is 6.07 Å². The Labute approximate surface area is 116 Å². The number of hydrogen-bond donors (Lipinski definition) is 0. The average Bonchev–Trinajstić information content (AvgIpc) is 2.33. The quantitative estimate of drug-likeness (QED) is 0.721. The molecule has 94 valence electrons. The van der Waals surface area contributed by atoms with Gasteiger partial charge in [0.15, 0.2) is 11.6 Å². The molecule has 0 spiro atoms. The predicted molar refractivity (Wildman–Crippen MR) is 69.8 cm³/mol. The molecule has 2 aromatic carbocycles. The minimum absolute atomic E-state index is 0.0759. The normalized spacial score (nSPS) is 10.4. The van der Waals surface area contributed by atoms with Gasteiger partial charge in [-0.1, -0.05) is 45.7 Å². The van der Waals surface area contributed by atoms with Gasteiger partial charge >= 0.3 is 0 Å². The number of halogens is 4. The van der Waals surface area contributed by atoms with Crippen LogP contribution in [-0.4, -0.2) is 0 Å². The predicted octanol–water partition coefficient (Wildman–Crippen LogP) is 4.96. The van der Waals surface area contributed by atoms with Gasteiger partial charge in [-0.05, 0) is 18.2 Å². The number of ether oxygens (including phenoxy) is 1. The van der Waals surface area contributed by atoms with Crippen LogP contribution in [0.3, 0.4) is 0 Å². The lowest BCUT2D eigenvalue weighted by Crippen LogP contribution is -1.99. The summed E-state index contributed by atoms with van der Waals surface area (Å²) in [4.78, 5) is 0. The summed E-state index contributed by atoms with van der Waals surface area (Å²) in [5, 5.41) is 0.522. The minimum Gasteiger partial charge on any atom is -0.486 e. The van der Waals surface area contributed by atoms with Crippen molar-refractivity contribution in [1.82, 2.24) is 0 Å². The molecule has 0 saturated carbocycles. The van der Waals surface area contributed by atoms with Crippen molar-refractivity contribution >= 4 is 27.5 Å². The molecular weight excluding hydrogens is 325 g/mol. The Morgan fingerprint density at radius 2 is 1.89 bits per heavy atom. The fourth-order valence-corrected chi connectivity index (χ4v) is 2.01. The van der Waals surface area contributed by atoms with Gasteiger partial charge < -0.3 is 4.74 Å². The Morgan fingerprint density at radius 1 is 1.17 bits per heavy atom. The van der Waals surface area contributed by atoms with Crippen LogP contribution in [-0.2, 0) is 6.61 Å². The highest BCUT2D eigenvalue weighted by Crippen LogP contribution is 2.26. The maximum atomic E-state index is 13.4. The van der Waals surface area contributed by atoms with Gasteiger partial charge in [0, 0.05) is 15.1 Å². The number of hydrogen-bond acceptors (Lipinski definition) is 1. The van der Waals surface area contributed by atoms with E-state index in [0.29, 0.717) is 15.1 Å². The maximum Gasteiger partial charge on any atom is 0.200 e. The smallest absolute Gasteiger partial charge is 0.200 e. The fourth-order valence-electron chi connectivity index (χ4n) is 1.41. The van der Waals surface area contributed by atoms with E-state index in [4.69, 9.17) is 16.3 Å². The van der Waals surface area contributed by atoms with Crippen LogP contribution in [0.25, 0.3) is 0 Å². The molecule has 0 radical (unpaired) electrons. The minimum atomic E-state index is -1.01. The van der Waals surface area contributed by atoms with Crippen LogP contribution >= 0.6 is 27.5 Å². The van der Waals surface area contributed by atoms with Crippen LogP contribution in [0.2, 0.25) is 5.02 Å². The van der Waals surface area contributed by atoms with E-state index >= 15 is 0 Å². The van der Waals surface area contributed by atoms with E-state index in [-0.39, 0.29) is 12.4 Å². The molecule has 0 aliphatic heterocycles. The molecule has 0 fully saturated rings. The molecule has 0 bridgehead atoms. The third kappa shape index (κ3) is 3.00. The number of benzene rings is 2. The van der Waals surface area contributed by atoms with Crippen molar-refractivity contribution < 1.29 is 13.5 Å². The Kier molecular flexibility index (Phi) is 4.19. The zero-order chi connectivity index (χ0) is 13.1. The SMILES string of the molecule is Fc1cc(Br)cc(OCc2ccccc2Cl)c1F. The lowest BCUT2D eigenvalue weighted by atomic mass is 10.2. The molecule has 18 heavy (non-hydrogen) atoms. The van der Waals surface area contributed by atoms with Gasteiger partial charge in [-0.2, -0.15) is 4.39 Å². The molecule has 0 aliphatic rings. The molecule has 0 aromatic heterocycles. The van der Waals surface area contributed by atoms with Crippen molar-refractivity contribution in [3.63, 3.8) is 0 Å². The first-order valence-electron chi connectivity index (χ1n) is 5.08. The summed E-state index contributed by atoms with van der Waals surface area (Å²) in [5.74, 6) is -2.12. The molecule has 5 heteroatoms. The van der Waals surface area contributed by atoms with Gasteiger partial charge in [0.05, 0.1) is 0 Å². The monoisotopic (exact) mass is 332 g/mol. The maximum absolute atomic E-state index is 13.4. The van der Waals surface area contributed by atoms with Crippen LogP contribution in [0.4, 0.5) is 8.78 Å². The van der Waals surface area contributed by atoms with Gasteiger partial charge in [0.25, 0.3) is 0 Å². The fraction of sp³-hybridized carbons (Fsp3) is 0.0769. The van der Waals surface area contributed by atoms with Gasteiger partial charge in [0.2, 0.25) is 5.82 Å². The van der Waals surface area contributed by atoms with Crippen LogP contribution in [0.15, 0.2) is 40.9 Å². The average molecular weight is 334 g/mol. The molecule has 0 heterocycles. The van der Waals surface area contributed by atoms with Crippen LogP contribution in [0, 0.1) is 11.6 Å². The second-order valence-electron chi connectivity index (χ2n) is 3.58. The summed E-state index contributed by atoms with van der Waals surface area (Å²) in [6.45, 7) is 0.0759. The zero-order valence-corrected chi connectivity index (χ0v) is 11.4. The standard InChI is InChI=1S/C13H8BrClF2O/c14-9-5-11(16)13(17)12(6-9)18-7-8-3-1-2-4-10(8)15/h1-6H,7H2. The van der Waals surface area contributed by atoms with Gasteiger partial charge in [-0.15, -0.1) is 0 Å². The van der Waals surface area contributed by atoms with Gasteiger partial charge in [0.1, 0.15) is 6.61 Å². The molecule has 2 rings (SSSR count). The number of rotatable bonds is 3. The molecule has 0 unspecified atom stereocenters. The Morgan fingerprint density at radius 3 is 2.61 bits per heavy atom. The summed E-state index contributed by atoms with van der Waals surface area (Å²) in [6, 6.07) is 9.45. The van der Waals surface area contributed by atoms with E-state index in [2.05, 4.69) is 15.9 Å². The van der Waals surface area contributed by atoms with E-state index in [1.807, 2.05) is 0 Å². The first-order chi connectivity index (χ1) is 8.58. The first kappa shape index (κ1) is 13.3. The third-order valence-corrected chi connectivity index (χ3v) is 3.13. The van der Waals surface area contributed by atoms with Gasteiger partial charge in [-0.25, -0.2) is 4.39 Å². The third-order valence-electron chi connectivity index (χ3n) is 2.30. The van der Waals surface area contributed by atoms with Crippen molar-refractivity contribution in [2.75, 3.05) is 0 Å². The molecular formula is C13H8BrClF2O. The highest BCUT2D eigenvalue weighted by molar-refractivity contribution is 9.10. The summed E-state index contributed by atoms with van der Waals surface area (Å²) in [5.41, 5.74) is 0.707. The first-order valence-corrected chi connectivity index (χ1v) is 6.26. The van der Waals surface area contributed by atoms with Crippen molar-refractivity contribution in [2.45, 2.75) is 6.61 Å². The molecule has 0 atom stereocenters. The van der Waals surface area contributed by atoms with Gasteiger partial charge in [-0.3, -0.25) is 0 Å². The second kappa shape index (κ2) is 5.67. The molecule has 2 aromatic rings. The summed E-state index contributed by atoms with van der Waals surface area (Å²) < 4.78 is 32.2. The molecule has 1 nitrogen and oxygen atoms in total. The van der Waals surface area contributed by atoms with Crippen LogP contribution < -0.4 is 4.74 Å². The second-order valence-corrected chi connectivity index (χ2v) is 4.90. The Balaban J connectivity index is 2.18. The molecule has 0 aliphatic carbocycles. The van der Waals surface area contributed by atoms with Crippen molar-refractivity contribution in [2.24, 2.45) is 0 Å². The van der Waals surface area contributed by atoms with Crippen molar-refractivity contribution in [3.05, 3.63) is 63.1 Å². The van der Waals surface area contributed by atoms with Crippen molar-refractivity contribution in [3.8, 4) is 5.75 Å². The topological polar surface area (TPSA) is 9.23 Å². The highest BCUT2D eigenvalue weighted by atomic mass is 79.9. The molecule has 0 N–H and O–H groups in total. The highest BCUT2D eigenvalue weighted by Gasteiger charge is 2.11. The summed E-state index contributed by atoms with van der Waals surface area (Å²) >= 11 is 9.01. The van der Waals surface area contributed by atoms with Crippen molar-refractivity contribution in [1.29, 1.82) is 0 Å². The summed E-state index contributed by atoms with van der Waals surface area (Å²) in [7, 11) is 0. The lowest BCUT2D eigenvalue weighted by molar-refractivity contribution is 0.284. The molecule has 0 amide bonds. The Bertz CT molecular complexity index is 575. The van der Waals surface area contributed by atoms with E-state index in [1.165, 1.54) is 6.07 Å². The largest absolute Gasteiger partial charge is 0.486 e. The zero-order valence-electron chi connectivity index (χ0n) is 9.09. The van der Waals surface area contributed by atoms with E-state index in [1.54, 1.807) is 24.3 Å².